The van der Waals surface area contributed by atoms with Gasteiger partial charge in [0.15, 0.2) is 0 Å². The van der Waals surface area contributed by atoms with Gasteiger partial charge in [-0.25, -0.2) is 18.2 Å². The quantitative estimate of drug-likeness (QED) is 0.385. The van der Waals surface area contributed by atoms with Gasteiger partial charge in [-0.1, -0.05) is 12.1 Å². The van der Waals surface area contributed by atoms with Crippen LogP contribution in [0.4, 0.5) is 37.7 Å². The first kappa shape index (κ1) is 18.9. The van der Waals surface area contributed by atoms with Crippen LogP contribution >= 0.6 is 0 Å². The minimum atomic E-state index is -4.45. The van der Waals surface area contributed by atoms with Gasteiger partial charge in [0.1, 0.15) is 23.3 Å². The molecule has 0 amide bonds. The fourth-order valence-electron chi connectivity index (χ4n) is 2.82. The molecular weight excluding hydrogens is 396 g/mol. The molecule has 148 valence electrons. The molecule has 3 aromatic carbocycles. The molecule has 0 saturated heterocycles. The fraction of sp³-hybridized carbons (Fsp3) is 0.0500. The van der Waals surface area contributed by atoms with Crippen molar-refractivity contribution >= 4 is 22.4 Å². The largest absolute Gasteiger partial charge is 0.416 e. The molecule has 0 spiro atoms. The zero-order chi connectivity index (χ0) is 20.8. The van der Waals surface area contributed by atoms with Crippen LogP contribution in [0, 0.1) is 17.5 Å². The maximum Gasteiger partial charge on any atom is 0.416 e. The Morgan fingerprint density at radius 3 is 2.14 bits per heavy atom. The van der Waals surface area contributed by atoms with Gasteiger partial charge in [-0.05, 0) is 30.3 Å². The second-order valence-electron chi connectivity index (χ2n) is 6.26. The minimum absolute atomic E-state index is 0.0894. The predicted octanol–water partition coefficient (Wildman–Crippen LogP) is 6.41. The van der Waals surface area contributed by atoms with E-state index >= 15 is 0 Å². The molecule has 3 nitrogen and oxygen atoms in total. The highest BCUT2D eigenvalue weighted by Crippen LogP contribution is 2.32. The van der Waals surface area contributed by atoms with Crippen molar-refractivity contribution in [3.05, 3.63) is 77.6 Å². The van der Waals surface area contributed by atoms with Crippen molar-refractivity contribution in [2.75, 3.05) is 5.32 Å². The third-order valence-electron chi connectivity index (χ3n) is 4.26. The summed E-state index contributed by atoms with van der Waals surface area (Å²) < 4.78 is 79.3. The topological polar surface area (TPSA) is 40.7 Å². The molecule has 1 aromatic heterocycles. The lowest BCUT2D eigenvalue weighted by Crippen LogP contribution is -2.04. The first-order chi connectivity index (χ1) is 13.7. The van der Waals surface area contributed by atoms with Gasteiger partial charge in [-0.15, -0.1) is 0 Å². The van der Waals surface area contributed by atoms with Crippen LogP contribution in [0.1, 0.15) is 5.56 Å². The van der Waals surface area contributed by atoms with Gasteiger partial charge in [0.05, 0.1) is 28.0 Å². The van der Waals surface area contributed by atoms with Crippen molar-refractivity contribution in [3.63, 3.8) is 0 Å². The van der Waals surface area contributed by atoms with Gasteiger partial charge in [0, 0.05) is 17.7 Å². The molecule has 0 atom stereocenters. The van der Waals surface area contributed by atoms with Crippen molar-refractivity contribution in [2.45, 2.75) is 6.18 Å². The van der Waals surface area contributed by atoms with Gasteiger partial charge in [-0.2, -0.15) is 13.2 Å². The summed E-state index contributed by atoms with van der Waals surface area (Å²) in [5, 5.41) is 2.54. The molecule has 0 radical (unpaired) electrons. The van der Waals surface area contributed by atoms with Crippen molar-refractivity contribution in [3.8, 4) is 11.4 Å². The van der Waals surface area contributed by atoms with E-state index in [4.69, 9.17) is 0 Å². The molecule has 0 aliphatic heterocycles. The molecule has 4 aromatic rings. The van der Waals surface area contributed by atoms with E-state index < -0.39 is 29.2 Å². The lowest BCUT2D eigenvalue weighted by Gasteiger charge is -2.08. The number of aromatic nitrogens is 2. The highest BCUT2D eigenvalue weighted by molar-refractivity contribution is 5.84. The minimum Gasteiger partial charge on any atom is -0.351 e. The van der Waals surface area contributed by atoms with E-state index in [1.165, 1.54) is 18.2 Å². The maximum atomic E-state index is 14.4. The van der Waals surface area contributed by atoms with Gasteiger partial charge in [0.25, 0.3) is 0 Å². The summed E-state index contributed by atoms with van der Waals surface area (Å²) in [6, 6.07) is 9.62. The first-order valence-corrected chi connectivity index (χ1v) is 8.30. The Morgan fingerprint density at radius 2 is 1.48 bits per heavy atom. The zero-order valence-corrected chi connectivity index (χ0v) is 14.4. The fourth-order valence-corrected chi connectivity index (χ4v) is 2.82. The molecule has 9 heteroatoms. The van der Waals surface area contributed by atoms with Crippen LogP contribution in [-0.2, 0) is 6.18 Å². The summed E-state index contributed by atoms with van der Waals surface area (Å²) in [4.78, 5) is 7.09. The Labute approximate surface area is 160 Å². The van der Waals surface area contributed by atoms with E-state index in [2.05, 4.69) is 15.3 Å². The number of H-pyrrole nitrogens is 1. The number of rotatable bonds is 3. The SMILES string of the molecule is Fc1ccc(Nc2cc3nc(-c4ccc(C(F)(F)F)cc4)[nH]c3cc2F)c(F)c1. The third-order valence-corrected chi connectivity index (χ3v) is 4.26. The molecule has 4 rings (SSSR count). The van der Waals surface area contributed by atoms with E-state index in [0.29, 0.717) is 22.7 Å². The molecule has 1 heterocycles. The van der Waals surface area contributed by atoms with Crippen LogP contribution in [0.2, 0.25) is 0 Å². The van der Waals surface area contributed by atoms with Gasteiger partial charge < -0.3 is 10.3 Å². The summed E-state index contributed by atoms with van der Waals surface area (Å²) in [5.41, 5.74) is -0.00428. The number of halogens is 6. The van der Waals surface area contributed by atoms with Gasteiger partial charge >= 0.3 is 6.18 Å². The van der Waals surface area contributed by atoms with Gasteiger partial charge in [-0.3, -0.25) is 0 Å². The van der Waals surface area contributed by atoms with Crippen LogP contribution < -0.4 is 5.32 Å². The van der Waals surface area contributed by atoms with Crippen LogP contribution in [0.25, 0.3) is 22.4 Å². The second kappa shape index (κ2) is 6.84. The lowest BCUT2D eigenvalue weighted by atomic mass is 10.1. The van der Waals surface area contributed by atoms with Crippen LogP contribution in [0.15, 0.2) is 54.6 Å². The van der Waals surface area contributed by atoms with E-state index in [0.717, 1.165) is 30.3 Å². The number of nitrogens with zero attached hydrogens (tertiary/aromatic N) is 1. The van der Waals surface area contributed by atoms with E-state index in [1.807, 2.05) is 0 Å². The molecular formula is C20H11F6N3. The lowest BCUT2D eigenvalue weighted by molar-refractivity contribution is -0.137. The average molecular weight is 407 g/mol. The molecule has 0 unspecified atom stereocenters. The number of aromatic amines is 1. The monoisotopic (exact) mass is 407 g/mol. The van der Waals surface area contributed by atoms with Crippen LogP contribution in [0.3, 0.4) is 0 Å². The van der Waals surface area contributed by atoms with E-state index in [-0.39, 0.29) is 17.2 Å². The third kappa shape index (κ3) is 3.75. The number of hydrogen-bond donors (Lipinski definition) is 2. The molecule has 0 saturated carbocycles. The number of fused-ring (bicyclic) bond motifs is 1. The van der Waals surface area contributed by atoms with Crippen molar-refractivity contribution in [1.82, 2.24) is 9.97 Å². The molecule has 0 fully saturated rings. The summed E-state index contributed by atoms with van der Waals surface area (Å²) in [5.74, 6) is -2.13. The Morgan fingerprint density at radius 1 is 0.793 bits per heavy atom. The Hall–Kier alpha value is -3.49. The molecule has 2 N–H and O–H groups in total. The number of hydrogen-bond acceptors (Lipinski definition) is 2. The Kier molecular flexibility index (Phi) is 4.45. The zero-order valence-electron chi connectivity index (χ0n) is 14.4. The molecule has 0 aliphatic rings. The van der Waals surface area contributed by atoms with E-state index in [1.54, 1.807) is 0 Å². The summed E-state index contributed by atoms with van der Waals surface area (Å²) in [6.07, 6.45) is -4.45. The Bertz CT molecular complexity index is 1200. The number of anilines is 2. The summed E-state index contributed by atoms with van der Waals surface area (Å²) in [7, 11) is 0. The number of benzene rings is 3. The number of nitrogens with one attached hydrogen (secondary N) is 2. The van der Waals surface area contributed by atoms with Crippen molar-refractivity contribution in [2.24, 2.45) is 0 Å². The number of alkyl halides is 3. The molecule has 29 heavy (non-hydrogen) atoms. The van der Waals surface area contributed by atoms with Crippen LogP contribution in [0.5, 0.6) is 0 Å². The molecule has 0 bridgehead atoms. The molecule has 0 aliphatic carbocycles. The number of imidazole rings is 1. The predicted molar refractivity (Wildman–Crippen MR) is 96.1 cm³/mol. The summed E-state index contributed by atoms with van der Waals surface area (Å²) in [6.45, 7) is 0. The highest BCUT2D eigenvalue weighted by Gasteiger charge is 2.30. The van der Waals surface area contributed by atoms with Crippen LogP contribution in [-0.4, -0.2) is 9.97 Å². The van der Waals surface area contributed by atoms with Crippen molar-refractivity contribution < 1.29 is 26.3 Å². The Balaban J connectivity index is 1.68. The average Bonchev–Trinajstić information content (AvgIpc) is 3.06. The maximum absolute atomic E-state index is 14.4. The smallest absolute Gasteiger partial charge is 0.351 e. The standard InChI is InChI=1S/C20H11F6N3/c21-12-5-6-15(13(22)7-12)27-16-9-18-17(8-14(16)23)28-19(29-18)10-1-3-11(4-2-10)20(24,25)26/h1-9,27H,(H,28,29). The van der Waals surface area contributed by atoms with Crippen molar-refractivity contribution in [1.29, 1.82) is 0 Å². The van der Waals surface area contributed by atoms with Gasteiger partial charge in [0.2, 0.25) is 0 Å². The van der Waals surface area contributed by atoms with E-state index in [9.17, 15) is 26.3 Å². The highest BCUT2D eigenvalue weighted by atomic mass is 19.4. The normalized spacial score (nSPS) is 11.8. The first-order valence-electron chi connectivity index (χ1n) is 8.30. The second-order valence-corrected chi connectivity index (χ2v) is 6.26. The summed E-state index contributed by atoms with van der Waals surface area (Å²) >= 11 is 0.